The van der Waals surface area contributed by atoms with E-state index in [1.165, 1.54) is 43.5 Å². The summed E-state index contributed by atoms with van der Waals surface area (Å²) in [6, 6.07) is 16.4. The molecule has 6 nitrogen and oxygen atoms in total. The van der Waals surface area contributed by atoms with Crippen molar-refractivity contribution in [3.8, 4) is 11.4 Å². The molecule has 2 aromatic carbocycles. The quantitative estimate of drug-likeness (QED) is 0.432. The number of rotatable bonds is 7. The minimum absolute atomic E-state index is 0.0627. The number of amides is 1. The summed E-state index contributed by atoms with van der Waals surface area (Å²) in [4.78, 5) is 15.3. The van der Waals surface area contributed by atoms with Gasteiger partial charge in [-0.2, -0.15) is 0 Å². The van der Waals surface area contributed by atoms with Crippen LogP contribution in [0.25, 0.3) is 5.69 Å². The van der Waals surface area contributed by atoms with Gasteiger partial charge < -0.3 is 9.64 Å². The average molecular weight is 481 g/mol. The molecule has 1 aliphatic heterocycles. The van der Waals surface area contributed by atoms with Crippen LogP contribution < -0.4 is 4.74 Å². The van der Waals surface area contributed by atoms with E-state index < -0.39 is 5.82 Å². The van der Waals surface area contributed by atoms with Crippen LogP contribution in [0.1, 0.15) is 44.3 Å². The van der Waals surface area contributed by atoms with E-state index in [4.69, 9.17) is 4.74 Å². The standard InChI is InChI=1S/C26H29FN4O2S/c27-21-13-5-7-15-23(21)33-17-24-28-29-26(31(24)20-11-2-1-3-12-20)34-18-25(32)30-16-8-10-19-9-4-6-14-22(19)30/h1-3,5,7,11-13,15,19,22H,4,6,8-10,14,16-18H2/t19-,22+/m0/s1. The maximum absolute atomic E-state index is 14.0. The highest BCUT2D eigenvalue weighted by Gasteiger charge is 2.35. The van der Waals surface area contributed by atoms with E-state index in [1.807, 2.05) is 34.9 Å². The zero-order chi connectivity index (χ0) is 23.3. The molecular weight excluding hydrogens is 451 g/mol. The Kier molecular flexibility index (Phi) is 7.13. The van der Waals surface area contributed by atoms with Gasteiger partial charge in [-0.15, -0.1) is 10.2 Å². The second-order valence-electron chi connectivity index (χ2n) is 8.92. The topological polar surface area (TPSA) is 60.2 Å². The van der Waals surface area contributed by atoms with Gasteiger partial charge in [0.25, 0.3) is 0 Å². The molecule has 178 valence electrons. The summed E-state index contributed by atoms with van der Waals surface area (Å²) in [5.74, 6) is 1.45. The van der Waals surface area contributed by atoms with Gasteiger partial charge in [-0.1, -0.05) is 54.9 Å². The van der Waals surface area contributed by atoms with Gasteiger partial charge in [-0.05, 0) is 55.9 Å². The minimum atomic E-state index is -0.420. The monoisotopic (exact) mass is 480 g/mol. The Balaban J connectivity index is 1.32. The van der Waals surface area contributed by atoms with Crippen LogP contribution in [0.3, 0.4) is 0 Å². The summed E-state index contributed by atoms with van der Waals surface area (Å²) in [5.41, 5.74) is 0.875. The summed E-state index contributed by atoms with van der Waals surface area (Å²) in [6.45, 7) is 0.918. The molecule has 0 bridgehead atoms. The highest BCUT2D eigenvalue weighted by molar-refractivity contribution is 7.99. The normalized spacial score (nSPS) is 20.1. The summed E-state index contributed by atoms with van der Waals surface area (Å²) in [5, 5.41) is 9.30. The molecule has 2 fully saturated rings. The van der Waals surface area contributed by atoms with Gasteiger partial charge in [0, 0.05) is 18.3 Å². The van der Waals surface area contributed by atoms with Crippen LogP contribution in [0.4, 0.5) is 4.39 Å². The number of nitrogens with zero attached hydrogens (tertiary/aromatic N) is 4. The predicted molar refractivity (Wildman–Crippen MR) is 130 cm³/mol. The Labute approximate surface area is 203 Å². The zero-order valence-corrected chi connectivity index (χ0v) is 19.9. The van der Waals surface area contributed by atoms with Gasteiger partial charge in [0.1, 0.15) is 6.61 Å². The smallest absolute Gasteiger partial charge is 0.233 e. The number of likely N-dealkylation sites (tertiary alicyclic amines) is 1. The number of halogens is 1. The summed E-state index contributed by atoms with van der Waals surface area (Å²) >= 11 is 1.40. The second-order valence-corrected chi connectivity index (χ2v) is 9.86. The van der Waals surface area contributed by atoms with Gasteiger partial charge in [-0.25, -0.2) is 4.39 Å². The highest BCUT2D eigenvalue weighted by Crippen LogP contribution is 2.36. The third kappa shape index (κ3) is 4.97. The lowest BCUT2D eigenvalue weighted by molar-refractivity contribution is -0.134. The second kappa shape index (κ2) is 10.6. The third-order valence-electron chi connectivity index (χ3n) is 6.80. The molecular formula is C26H29FN4O2S. The fraction of sp³-hybridized carbons (Fsp3) is 0.423. The Hall–Kier alpha value is -2.87. The first-order chi connectivity index (χ1) is 16.7. The number of ether oxygens (including phenoxy) is 1. The minimum Gasteiger partial charge on any atom is -0.483 e. The Morgan fingerprint density at radius 2 is 1.76 bits per heavy atom. The number of hydrogen-bond acceptors (Lipinski definition) is 5. The van der Waals surface area contributed by atoms with Gasteiger partial charge in [-0.3, -0.25) is 9.36 Å². The Morgan fingerprint density at radius 1 is 1.00 bits per heavy atom. The summed E-state index contributed by atoms with van der Waals surface area (Å²) in [7, 11) is 0. The van der Waals surface area contributed by atoms with Crippen molar-refractivity contribution in [3.05, 3.63) is 66.2 Å². The lowest BCUT2D eigenvalue weighted by Gasteiger charge is -2.44. The van der Waals surface area contributed by atoms with Crippen LogP contribution in [0.5, 0.6) is 5.75 Å². The van der Waals surface area contributed by atoms with Gasteiger partial charge >= 0.3 is 0 Å². The molecule has 2 heterocycles. The average Bonchev–Trinajstić information content (AvgIpc) is 3.29. The molecule has 34 heavy (non-hydrogen) atoms. The molecule has 5 rings (SSSR count). The molecule has 2 aliphatic rings. The number of aromatic nitrogens is 3. The van der Waals surface area contributed by atoms with E-state index >= 15 is 0 Å². The van der Waals surface area contributed by atoms with Crippen molar-refractivity contribution in [1.82, 2.24) is 19.7 Å². The molecule has 1 aliphatic carbocycles. The van der Waals surface area contributed by atoms with Gasteiger partial charge in [0.05, 0.1) is 5.75 Å². The summed E-state index contributed by atoms with van der Waals surface area (Å²) < 4.78 is 21.6. The number of fused-ring (bicyclic) bond motifs is 1. The van der Waals surface area contributed by atoms with Crippen LogP contribution >= 0.6 is 11.8 Å². The van der Waals surface area contributed by atoms with Crippen molar-refractivity contribution in [3.63, 3.8) is 0 Å². The fourth-order valence-corrected chi connectivity index (χ4v) is 6.03. The first-order valence-corrected chi connectivity index (χ1v) is 13.0. The summed E-state index contributed by atoms with van der Waals surface area (Å²) in [6.07, 6.45) is 7.21. The number of benzene rings is 2. The molecule has 2 atom stereocenters. The van der Waals surface area contributed by atoms with Crippen molar-refractivity contribution < 1.29 is 13.9 Å². The van der Waals surface area contributed by atoms with E-state index in [9.17, 15) is 9.18 Å². The largest absolute Gasteiger partial charge is 0.483 e. The Bertz CT molecular complexity index is 1120. The van der Waals surface area contributed by atoms with Gasteiger partial charge in [0.15, 0.2) is 22.5 Å². The zero-order valence-electron chi connectivity index (χ0n) is 19.1. The molecule has 1 amide bonds. The molecule has 1 aromatic heterocycles. The highest BCUT2D eigenvalue weighted by atomic mass is 32.2. The number of carbonyl (C=O) groups excluding carboxylic acids is 1. The van der Waals surface area contributed by atoms with Crippen molar-refractivity contribution in [2.24, 2.45) is 5.92 Å². The van der Waals surface area contributed by atoms with Crippen LogP contribution in [0, 0.1) is 11.7 Å². The van der Waals surface area contributed by atoms with E-state index in [0.29, 0.717) is 28.7 Å². The SMILES string of the molecule is O=C(CSc1nnc(COc2ccccc2F)n1-c1ccccc1)N1CCC[C@@H]2CCCC[C@H]21. The number of hydrogen-bond donors (Lipinski definition) is 0. The van der Waals surface area contributed by atoms with Crippen LogP contribution in [0.15, 0.2) is 59.8 Å². The maximum atomic E-state index is 14.0. The maximum Gasteiger partial charge on any atom is 0.233 e. The van der Waals surface area contributed by atoms with E-state index in [2.05, 4.69) is 15.1 Å². The molecule has 0 spiro atoms. The van der Waals surface area contributed by atoms with Crippen LogP contribution in [-0.2, 0) is 11.4 Å². The number of carbonyl (C=O) groups is 1. The molecule has 0 radical (unpaired) electrons. The van der Waals surface area contributed by atoms with Crippen molar-refractivity contribution in [2.45, 2.75) is 56.3 Å². The molecule has 0 N–H and O–H groups in total. The molecule has 1 saturated heterocycles. The van der Waals surface area contributed by atoms with Crippen molar-refractivity contribution >= 4 is 17.7 Å². The molecule has 3 aromatic rings. The first kappa shape index (κ1) is 22.9. The van der Waals surface area contributed by atoms with E-state index in [-0.39, 0.29) is 18.3 Å². The van der Waals surface area contributed by atoms with E-state index in [1.54, 1.807) is 18.2 Å². The molecule has 1 saturated carbocycles. The van der Waals surface area contributed by atoms with Crippen molar-refractivity contribution in [2.75, 3.05) is 12.3 Å². The fourth-order valence-electron chi connectivity index (χ4n) is 5.17. The van der Waals surface area contributed by atoms with Crippen LogP contribution in [0.2, 0.25) is 0 Å². The third-order valence-corrected chi connectivity index (χ3v) is 7.71. The lowest BCUT2D eigenvalue weighted by atomic mass is 9.78. The number of para-hydroxylation sites is 2. The van der Waals surface area contributed by atoms with Crippen LogP contribution in [-0.4, -0.2) is 43.9 Å². The van der Waals surface area contributed by atoms with Crippen molar-refractivity contribution in [1.29, 1.82) is 0 Å². The number of piperidine rings is 1. The molecule has 8 heteroatoms. The van der Waals surface area contributed by atoms with E-state index in [0.717, 1.165) is 25.1 Å². The molecule has 0 unspecified atom stereocenters. The first-order valence-electron chi connectivity index (χ1n) is 12.0. The van der Waals surface area contributed by atoms with Gasteiger partial charge in [0.2, 0.25) is 5.91 Å². The lowest BCUT2D eigenvalue weighted by Crippen LogP contribution is -2.50. The number of thioether (sulfide) groups is 1. The predicted octanol–water partition coefficient (Wildman–Crippen LogP) is 5.26. The Morgan fingerprint density at radius 3 is 2.62 bits per heavy atom.